The third-order valence-corrected chi connectivity index (χ3v) is 4.26. The van der Waals surface area contributed by atoms with Crippen LogP contribution >= 0.6 is 0 Å². The van der Waals surface area contributed by atoms with Crippen LogP contribution in [0.25, 0.3) is 0 Å². The van der Waals surface area contributed by atoms with E-state index in [1.165, 1.54) is 18.3 Å². The van der Waals surface area contributed by atoms with Crippen molar-refractivity contribution in [2.75, 3.05) is 6.61 Å². The molecule has 1 amide bonds. The van der Waals surface area contributed by atoms with E-state index in [0.717, 1.165) is 5.56 Å². The number of hydrazone groups is 1. The second-order valence-electron chi connectivity index (χ2n) is 6.41. The highest BCUT2D eigenvalue weighted by Crippen LogP contribution is 2.19. The standard InChI is InChI=1S/C23H21N3O5/c1-2-30-21-13-9-18(10-14-21)23(27)25-24-15-19-5-3-4-6-22(19)31-16-17-7-11-20(12-8-17)26(28)29/h3-15H,2,16H2,1H3,(H,25,27)/b24-15+. The maximum absolute atomic E-state index is 12.2. The highest BCUT2D eigenvalue weighted by atomic mass is 16.6. The molecule has 0 spiro atoms. The lowest BCUT2D eigenvalue weighted by Gasteiger charge is -2.09. The molecule has 8 nitrogen and oxygen atoms in total. The minimum Gasteiger partial charge on any atom is -0.494 e. The Labute approximate surface area is 179 Å². The Hall–Kier alpha value is -4.20. The monoisotopic (exact) mass is 419 g/mol. The van der Waals surface area contributed by atoms with E-state index in [9.17, 15) is 14.9 Å². The number of nitro groups is 1. The fourth-order valence-electron chi connectivity index (χ4n) is 2.69. The van der Waals surface area contributed by atoms with Crippen LogP contribution in [0.4, 0.5) is 5.69 Å². The number of hydrogen-bond acceptors (Lipinski definition) is 6. The highest BCUT2D eigenvalue weighted by molar-refractivity contribution is 5.95. The molecule has 0 heterocycles. The van der Waals surface area contributed by atoms with Crippen LogP contribution in [0.3, 0.4) is 0 Å². The smallest absolute Gasteiger partial charge is 0.271 e. The Kier molecular flexibility index (Phi) is 7.31. The van der Waals surface area contributed by atoms with Crippen molar-refractivity contribution in [3.8, 4) is 11.5 Å². The molecule has 0 saturated heterocycles. The molecule has 31 heavy (non-hydrogen) atoms. The van der Waals surface area contributed by atoms with Crippen molar-refractivity contribution < 1.29 is 19.2 Å². The van der Waals surface area contributed by atoms with E-state index in [2.05, 4.69) is 10.5 Å². The summed E-state index contributed by atoms with van der Waals surface area (Å²) in [5, 5.41) is 14.8. The Balaban J connectivity index is 1.59. The number of para-hydroxylation sites is 1. The lowest BCUT2D eigenvalue weighted by atomic mass is 10.2. The third kappa shape index (κ3) is 6.14. The number of carbonyl (C=O) groups is 1. The Morgan fingerprint density at radius 1 is 1.03 bits per heavy atom. The molecule has 0 aliphatic heterocycles. The van der Waals surface area contributed by atoms with Gasteiger partial charge in [-0.15, -0.1) is 0 Å². The van der Waals surface area contributed by atoms with Gasteiger partial charge in [0.1, 0.15) is 18.1 Å². The van der Waals surface area contributed by atoms with Crippen molar-refractivity contribution in [1.82, 2.24) is 5.43 Å². The van der Waals surface area contributed by atoms with Crippen LogP contribution in [-0.2, 0) is 6.61 Å². The van der Waals surface area contributed by atoms with Crippen LogP contribution in [0.1, 0.15) is 28.4 Å². The van der Waals surface area contributed by atoms with Crippen molar-refractivity contribution in [2.24, 2.45) is 5.10 Å². The lowest BCUT2D eigenvalue weighted by Crippen LogP contribution is -2.17. The summed E-state index contributed by atoms with van der Waals surface area (Å²) in [5.74, 6) is 0.921. The zero-order chi connectivity index (χ0) is 22.1. The molecule has 3 aromatic rings. The quantitative estimate of drug-likeness (QED) is 0.316. The average molecular weight is 419 g/mol. The molecule has 3 rings (SSSR count). The zero-order valence-corrected chi connectivity index (χ0v) is 16.9. The summed E-state index contributed by atoms with van der Waals surface area (Å²) < 4.78 is 11.2. The van der Waals surface area contributed by atoms with Crippen LogP contribution in [0.15, 0.2) is 77.9 Å². The van der Waals surface area contributed by atoms with Crippen LogP contribution in [-0.4, -0.2) is 23.7 Å². The molecule has 0 aromatic heterocycles. The number of amides is 1. The van der Waals surface area contributed by atoms with Crippen LogP contribution in [0, 0.1) is 10.1 Å². The molecule has 8 heteroatoms. The van der Waals surface area contributed by atoms with Crippen molar-refractivity contribution in [3.05, 3.63) is 99.6 Å². The first-order valence-corrected chi connectivity index (χ1v) is 9.58. The molecule has 0 saturated carbocycles. The number of carbonyl (C=O) groups excluding carboxylic acids is 1. The van der Waals surface area contributed by atoms with Gasteiger partial charge in [-0.3, -0.25) is 14.9 Å². The largest absolute Gasteiger partial charge is 0.494 e. The lowest BCUT2D eigenvalue weighted by molar-refractivity contribution is -0.384. The van der Waals surface area contributed by atoms with Crippen molar-refractivity contribution in [1.29, 1.82) is 0 Å². The predicted molar refractivity (Wildman–Crippen MR) is 117 cm³/mol. The van der Waals surface area contributed by atoms with Gasteiger partial charge >= 0.3 is 0 Å². The topological polar surface area (TPSA) is 103 Å². The van der Waals surface area contributed by atoms with Crippen molar-refractivity contribution in [3.63, 3.8) is 0 Å². The second-order valence-corrected chi connectivity index (χ2v) is 6.41. The van der Waals surface area contributed by atoms with E-state index in [4.69, 9.17) is 9.47 Å². The Bertz CT molecular complexity index is 1060. The molecular weight excluding hydrogens is 398 g/mol. The van der Waals surface area contributed by atoms with Crippen LogP contribution in [0.2, 0.25) is 0 Å². The molecule has 0 aliphatic carbocycles. The molecule has 3 aromatic carbocycles. The fourth-order valence-corrected chi connectivity index (χ4v) is 2.69. The molecular formula is C23H21N3O5. The molecule has 158 valence electrons. The summed E-state index contributed by atoms with van der Waals surface area (Å²) in [7, 11) is 0. The summed E-state index contributed by atoms with van der Waals surface area (Å²) in [6, 6.07) is 20.2. The summed E-state index contributed by atoms with van der Waals surface area (Å²) in [6.07, 6.45) is 1.50. The van der Waals surface area contributed by atoms with Gasteiger partial charge in [-0.1, -0.05) is 12.1 Å². The minimum absolute atomic E-state index is 0.0274. The predicted octanol–water partition coefficient (Wildman–Crippen LogP) is 4.34. The number of nitro benzene ring substituents is 1. The van der Waals surface area contributed by atoms with Crippen molar-refractivity contribution >= 4 is 17.8 Å². The molecule has 0 unspecified atom stereocenters. The van der Waals surface area contributed by atoms with E-state index >= 15 is 0 Å². The normalized spacial score (nSPS) is 10.6. The zero-order valence-electron chi connectivity index (χ0n) is 16.9. The first-order chi connectivity index (χ1) is 15.1. The summed E-state index contributed by atoms with van der Waals surface area (Å²) in [4.78, 5) is 22.5. The van der Waals surface area contributed by atoms with Gasteiger partial charge in [-0.2, -0.15) is 5.10 Å². The maximum atomic E-state index is 12.2. The van der Waals surface area contributed by atoms with Crippen molar-refractivity contribution in [2.45, 2.75) is 13.5 Å². The minimum atomic E-state index is -0.446. The number of non-ortho nitro benzene ring substituents is 1. The third-order valence-electron chi connectivity index (χ3n) is 4.26. The molecule has 0 fully saturated rings. The molecule has 1 N–H and O–H groups in total. The Morgan fingerprint density at radius 3 is 2.42 bits per heavy atom. The van der Waals surface area contributed by atoms with E-state index in [0.29, 0.717) is 29.2 Å². The van der Waals surface area contributed by atoms with Crippen LogP contribution < -0.4 is 14.9 Å². The van der Waals surface area contributed by atoms with Gasteiger partial charge in [0.15, 0.2) is 0 Å². The second kappa shape index (κ2) is 10.5. The van der Waals surface area contributed by atoms with Gasteiger partial charge in [0.2, 0.25) is 0 Å². The van der Waals surface area contributed by atoms with Gasteiger partial charge in [-0.05, 0) is 61.0 Å². The Morgan fingerprint density at radius 2 is 1.74 bits per heavy atom. The van der Waals surface area contributed by atoms with E-state index in [1.54, 1.807) is 48.5 Å². The van der Waals surface area contributed by atoms with Gasteiger partial charge < -0.3 is 9.47 Å². The highest BCUT2D eigenvalue weighted by Gasteiger charge is 2.07. The number of nitrogens with zero attached hydrogens (tertiary/aromatic N) is 2. The number of ether oxygens (including phenoxy) is 2. The molecule has 0 aliphatic rings. The van der Waals surface area contributed by atoms with Gasteiger partial charge in [0.05, 0.1) is 17.7 Å². The number of nitrogens with one attached hydrogen (secondary N) is 1. The SMILES string of the molecule is CCOc1ccc(C(=O)N/N=C/c2ccccc2OCc2ccc([N+](=O)[O-])cc2)cc1. The van der Waals surface area contributed by atoms with E-state index < -0.39 is 4.92 Å². The number of benzene rings is 3. The first kappa shape index (κ1) is 21.5. The van der Waals surface area contributed by atoms with Crippen LogP contribution in [0.5, 0.6) is 11.5 Å². The first-order valence-electron chi connectivity index (χ1n) is 9.58. The summed E-state index contributed by atoms with van der Waals surface area (Å²) in [6.45, 7) is 2.69. The average Bonchev–Trinajstić information content (AvgIpc) is 2.79. The summed E-state index contributed by atoms with van der Waals surface area (Å²) in [5.41, 5.74) is 4.45. The van der Waals surface area contributed by atoms with E-state index in [1.807, 2.05) is 19.1 Å². The molecule has 0 radical (unpaired) electrons. The maximum Gasteiger partial charge on any atom is 0.271 e. The van der Waals surface area contributed by atoms with Gasteiger partial charge in [-0.25, -0.2) is 5.43 Å². The van der Waals surface area contributed by atoms with E-state index in [-0.39, 0.29) is 18.2 Å². The van der Waals surface area contributed by atoms with Gasteiger partial charge in [0.25, 0.3) is 11.6 Å². The molecule has 0 bridgehead atoms. The summed E-state index contributed by atoms with van der Waals surface area (Å²) >= 11 is 0. The fraction of sp³-hybridized carbons (Fsp3) is 0.130. The number of rotatable bonds is 9. The van der Waals surface area contributed by atoms with Gasteiger partial charge in [0, 0.05) is 23.3 Å². The molecule has 0 atom stereocenters. The number of hydrogen-bond donors (Lipinski definition) is 1.